The molecule has 7 heteroatoms. The first-order valence-corrected chi connectivity index (χ1v) is 9.42. The summed E-state index contributed by atoms with van der Waals surface area (Å²) in [7, 11) is 1.61. The lowest BCUT2D eigenvalue weighted by molar-refractivity contribution is 0.0191. The maximum absolute atomic E-state index is 12.5. The van der Waals surface area contributed by atoms with Gasteiger partial charge in [-0.05, 0) is 52.7 Å². The Morgan fingerprint density at radius 2 is 2.07 bits per heavy atom. The molecule has 0 aliphatic carbocycles. The molecule has 3 heterocycles. The van der Waals surface area contributed by atoms with E-state index in [0.29, 0.717) is 24.3 Å². The van der Waals surface area contributed by atoms with Crippen molar-refractivity contribution in [1.29, 1.82) is 0 Å². The van der Waals surface area contributed by atoms with Crippen molar-refractivity contribution in [3.8, 4) is 0 Å². The van der Waals surface area contributed by atoms with Crippen LogP contribution in [-0.4, -0.2) is 60.1 Å². The molecule has 0 spiro atoms. The first kappa shape index (κ1) is 19.6. The monoisotopic (exact) mass is 375 g/mol. The first-order valence-electron chi connectivity index (χ1n) is 9.42. The van der Waals surface area contributed by atoms with E-state index in [1.807, 2.05) is 33.8 Å². The Labute approximate surface area is 160 Å². The molecule has 0 saturated carbocycles. The summed E-state index contributed by atoms with van der Waals surface area (Å²) in [6, 6.07) is 2.16. The largest absolute Gasteiger partial charge is 0.444 e. The van der Waals surface area contributed by atoms with Gasteiger partial charge in [0.15, 0.2) is 6.29 Å². The number of carbonyl (C=O) groups excluding carboxylic acids is 2. The van der Waals surface area contributed by atoms with E-state index in [1.165, 1.54) is 0 Å². The van der Waals surface area contributed by atoms with Gasteiger partial charge in [0.05, 0.1) is 17.8 Å². The SMILES string of the molecule is CO[C@@H](C)c1nc2c(cc1C=O)C[C@@H]1CN(C(=O)OC(C)(C)C)C[C@@H](C)N21. The van der Waals surface area contributed by atoms with E-state index < -0.39 is 5.60 Å². The Hall–Kier alpha value is -2.15. The Morgan fingerprint density at radius 1 is 1.37 bits per heavy atom. The van der Waals surface area contributed by atoms with Gasteiger partial charge in [-0.15, -0.1) is 0 Å². The van der Waals surface area contributed by atoms with E-state index in [-0.39, 0.29) is 24.3 Å². The molecule has 1 aromatic rings. The summed E-state index contributed by atoms with van der Waals surface area (Å²) in [5.41, 5.74) is 1.77. The molecule has 7 nitrogen and oxygen atoms in total. The summed E-state index contributed by atoms with van der Waals surface area (Å²) in [6.07, 6.45) is 1.06. The highest BCUT2D eigenvalue weighted by atomic mass is 16.6. The molecule has 27 heavy (non-hydrogen) atoms. The van der Waals surface area contributed by atoms with Crippen LogP contribution in [0.5, 0.6) is 0 Å². The zero-order valence-electron chi connectivity index (χ0n) is 17.0. The number of hydrogen-bond donors (Lipinski definition) is 0. The van der Waals surface area contributed by atoms with Crippen LogP contribution in [0.25, 0.3) is 0 Å². The smallest absolute Gasteiger partial charge is 0.410 e. The second-order valence-corrected chi connectivity index (χ2v) is 8.44. The van der Waals surface area contributed by atoms with Crippen LogP contribution in [0.3, 0.4) is 0 Å². The number of amides is 1. The lowest BCUT2D eigenvalue weighted by Gasteiger charge is -2.43. The van der Waals surface area contributed by atoms with Crippen LogP contribution in [0.4, 0.5) is 10.6 Å². The minimum atomic E-state index is -0.512. The molecule has 3 atom stereocenters. The van der Waals surface area contributed by atoms with Gasteiger partial charge in [-0.25, -0.2) is 9.78 Å². The van der Waals surface area contributed by atoms with Crippen LogP contribution in [0.2, 0.25) is 0 Å². The van der Waals surface area contributed by atoms with Crippen molar-refractivity contribution in [1.82, 2.24) is 9.88 Å². The molecule has 1 aromatic heterocycles. The van der Waals surface area contributed by atoms with Crippen LogP contribution in [0.15, 0.2) is 6.07 Å². The summed E-state index contributed by atoms with van der Waals surface area (Å²) in [6.45, 7) is 10.8. The average molecular weight is 375 g/mol. The molecular weight excluding hydrogens is 346 g/mol. The zero-order valence-corrected chi connectivity index (χ0v) is 17.0. The van der Waals surface area contributed by atoms with Gasteiger partial charge in [-0.3, -0.25) is 4.79 Å². The molecule has 1 fully saturated rings. The zero-order chi connectivity index (χ0) is 19.9. The van der Waals surface area contributed by atoms with Gasteiger partial charge in [-0.2, -0.15) is 0 Å². The molecule has 0 unspecified atom stereocenters. The summed E-state index contributed by atoms with van der Waals surface area (Å²) < 4.78 is 10.9. The number of methoxy groups -OCH3 is 1. The Bertz CT molecular complexity index is 743. The average Bonchev–Trinajstić information content (AvgIpc) is 2.96. The second kappa shape index (κ2) is 7.11. The van der Waals surface area contributed by atoms with Gasteiger partial charge in [0.2, 0.25) is 0 Å². The first-order chi connectivity index (χ1) is 12.6. The fourth-order valence-corrected chi connectivity index (χ4v) is 3.94. The van der Waals surface area contributed by atoms with Crippen LogP contribution >= 0.6 is 0 Å². The molecule has 2 aliphatic rings. The predicted molar refractivity (Wildman–Crippen MR) is 102 cm³/mol. The molecule has 1 amide bonds. The van der Waals surface area contributed by atoms with E-state index in [4.69, 9.17) is 14.5 Å². The van der Waals surface area contributed by atoms with E-state index in [2.05, 4.69) is 11.8 Å². The topological polar surface area (TPSA) is 72.0 Å². The molecule has 2 aliphatic heterocycles. The molecule has 0 bridgehead atoms. The summed E-state index contributed by atoms with van der Waals surface area (Å²) >= 11 is 0. The van der Waals surface area contributed by atoms with Crippen LogP contribution in [0.1, 0.15) is 62.3 Å². The highest BCUT2D eigenvalue weighted by molar-refractivity contribution is 5.79. The van der Waals surface area contributed by atoms with E-state index >= 15 is 0 Å². The number of ether oxygens (including phenoxy) is 2. The van der Waals surface area contributed by atoms with E-state index in [0.717, 1.165) is 24.1 Å². The van der Waals surface area contributed by atoms with Crippen LogP contribution in [0, 0.1) is 0 Å². The molecule has 0 N–H and O–H groups in total. The van der Waals surface area contributed by atoms with Crippen LogP contribution < -0.4 is 4.90 Å². The van der Waals surface area contributed by atoms with Crippen molar-refractivity contribution in [2.75, 3.05) is 25.1 Å². The highest BCUT2D eigenvalue weighted by Gasteiger charge is 2.42. The van der Waals surface area contributed by atoms with Gasteiger partial charge in [0, 0.05) is 31.8 Å². The number of pyridine rings is 1. The molecule has 0 aromatic carbocycles. The fraction of sp³-hybridized carbons (Fsp3) is 0.650. The fourth-order valence-electron chi connectivity index (χ4n) is 3.94. The Morgan fingerprint density at radius 3 is 2.67 bits per heavy atom. The predicted octanol–water partition coefficient (Wildman–Crippen LogP) is 2.97. The van der Waals surface area contributed by atoms with Gasteiger partial charge in [-0.1, -0.05) is 0 Å². The van der Waals surface area contributed by atoms with Crippen molar-refractivity contribution in [3.63, 3.8) is 0 Å². The number of carbonyl (C=O) groups is 2. The lowest BCUT2D eigenvalue weighted by Crippen LogP contribution is -2.58. The Balaban J connectivity index is 1.87. The minimum Gasteiger partial charge on any atom is -0.444 e. The van der Waals surface area contributed by atoms with Crippen molar-refractivity contribution in [3.05, 3.63) is 22.9 Å². The number of aromatic nitrogens is 1. The third kappa shape index (κ3) is 3.78. The number of piperazine rings is 1. The maximum Gasteiger partial charge on any atom is 0.410 e. The third-order valence-electron chi connectivity index (χ3n) is 5.14. The quantitative estimate of drug-likeness (QED) is 0.757. The van der Waals surface area contributed by atoms with Crippen molar-refractivity contribution >= 4 is 18.2 Å². The third-order valence-corrected chi connectivity index (χ3v) is 5.14. The summed E-state index contributed by atoms with van der Waals surface area (Å²) in [5.74, 6) is 0.904. The van der Waals surface area contributed by atoms with E-state index in [9.17, 15) is 9.59 Å². The van der Waals surface area contributed by atoms with Crippen LogP contribution in [-0.2, 0) is 15.9 Å². The molecule has 148 valence electrons. The summed E-state index contributed by atoms with van der Waals surface area (Å²) in [5, 5.41) is 0. The number of nitrogens with zero attached hydrogens (tertiary/aromatic N) is 3. The normalized spacial score (nSPS) is 22.9. The molecule has 1 saturated heterocycles. The minimum absolute atomic E-state index is 0.109. The lowest BCUT2D eigenvalue weighted by atomic mass is 10.0. The van der Waals surface area contributed by atoms with E-state index in [1.54, 1.807) is 12.0 Å². The van der Waals surface area contributed by atoms with Crippen molar-refractivity contribution in [2.24, 2.45) is 0 Å². The van der Waals surface area contributed by atoms with Gasteiger partial charge in [0.1, 0.15) is 11.4 Å². The number of rotatable bonds is 3. The van der Waals surface area contributed by atoms with Crippen molar-refractivity contribution in [2.45, 2.75) is 64.8 Å². The number of anilines is 1. The van der Waals surface area contributed by atoms with Gasteiger partial charge < -0.3 is 19.3 Å². The number of aldehydes is 1. The number of hydrogen-bond acceptors (Lipinski definition) is 6. The maximum atomic E-state index is 12.5. The molecule has 3 rings (SSSR count). The number of fused-ring (bicyclic) bond motifs is 3. The Kier molecular flexibility index (Phi) is 5.16. The second-order valence-electron chi connectivity index (χ2n) is 8.44. The molecular formula is C20H29N3O4. The van der Waals surface area contributed by atoms with Gasteiger partial charge >= 0.3 is 6.09 Å². The highest BCUT2D eigenvalue weighted by Crippen LogP contribution is 2.37. The van der Waals surface area contributed by atoms with Gasteiger partial charge in [0.25, 0.3) is 0 Å². The summed E-state index contributed by atoms with van der Waals surface area (Å²) in [4.78, 5) is 32.9. The van der Waals surface area contributed by atoms with Crippen molar-refractivity contribution < 1.29 is 19.1 Å². The standard InChI is InChI=1S/C20H29N3O4/c1-12-9-22(19(25)27-20(3,4)5)10-16-8-14-7-15(11-24)17(13(2)26-6)21-18(14)23(12)16/h7,11-13,16H,8-10H2,1-6H3/t12-,13+,16-/m1/s1. The molecule has 0 radical (unpaired) electrons.